The average molecular weight is 164 g/mol. The number of rotatable bonds is 1. The van der Waals surface area contributed by atoms with Gasteiger partial charge in [0.05, 0.1) is 12.5 Å². The van der Waals surface area contributed by atoms with E-state index in [4.69, 9.17) is 0 Å². The first-order valence-corrected chi connectivity index (χ1v) is 4.06. The molecule has 0 aromatic carbocycles. The van der Waals surface area contributed by atoms with E-state index in [0.29, 0.717) is 6.42 Å². The van der Waals surface area contributed by atoms with Gasteiger partial charge in [-0.25, -0.2) is 0 Å². The Morgan fingerprint density at radius 2 is 2.09 bits per heavy atom. The van der Waals surface area contributed by atoms with Crippen LogP contribution in [-0.2, 0) is 4.74 Å². The highest BCUT2D eigenvalue weighted by atomic mass is 19.3. The van der Waals surface area contributed by atoms with E-state index in [1.165, 1.54) is 0 Å². The Balaban J connectivity index is 2.60. The zero-order valence-corrected chi connectivity index (χ0v) is 6.94. The lowest BCUT2D eigenvalue weighted by Gasteiger charge is -2.33. The molecule has 1 rings (SSSR count). The Bertz CT molecular complexity index is 134. The second-order valence-electron chi connectivity index (χ2n) is 3.40. The summed E-state index contributed by atoms with van der Waals surface area (Å²) in [5, 5.41) is 0. The maximum absolute atomic E-state index is 12.9. The summed E-state index contributed by atoms with van der Waals surface area (Å²) in [7, 11) is 0. The summed E-state index contributed by atoms with van der Waals surface area (Å²) in [6.07, 6.45) is -1.53. The van der Waals surface area contributed by atoms with Gasteiger partial charge < -0.3 is 4.74 Å². The van der Waals surface area contributed by atoms with Crippen LogP contribution in [0.25, 0.3) is 0 Å². The third-order valence-corrected chi connectivity index (χ3v) is 2.19. The smallest absolute Gasteiger partial charge is 0.320 e. The Labute approximate surface area is 65.7 Å². The highest BCUT2D eigenvalue weighted by Crippen LogP contribution is 2.38. The fraction of sp³-hybridized carbons (Fsp3) is 1.00. The number of ether oxygens (including phenoxy) is 1. The molecule has 1 fully saturated rings. The highest BCUT2D eigenvalue weighted by molar-refractivity contribution is 4.75. The van der Waals surface area contributed by atoms with E-state index in [1.54, 1.807) is 0 Å². The Hall–Kier alpha value is -0.180. The van der Waals surface area contributed by atoms with E-state index in [9.17, 15) is 8.78 Å². The second-order valence-corrected chi connectivity index (χ2v) is 3.40. The molecule has 1 saturated heterocycles. The van der Waals surface area contributed by atoms with Gasteiger partial charge in [0.1, 0.15) is 0 Å². The quantitative estimate of drug-likeness (QED) is 0.579. The normalized spacial score (nSPS) is 30.8. The first kappa shape index (κ1) is 8.91. The SMILES string of the molecule is CC(C)C1CCCOC1(F)F. The van der Waals surface area contributed by atoms with Gasteiger partial charge in [0.15, 0.2) is 0 Å². The van der Waals surface area contributed by atoms with Gasteiger partial charge in [0, 0.05) is 0 Å². The summed E-state index contributed by atoms with van der Waals surface area (Å²) in [5.41, 5.74) is 0. The van der Waals surface area contributed by atoms with Crippen molar-refractivity contribution >= 4 is 0 Å². The minimum absolute atomic E-state index is 0.00491. The molecule has 1 aliphatic heterocycles. The lowest BCUT2D eigenvalue weighted by molar-refractivity contribution is -0.297. The molecule has 0 bridgehead atoms. The van der Waals surface area contributed by atoms with Gasteiger partial charge in [-0.2, -0.15) is 8.78 Å². The van der Waals surface area contributed by atoms with Gasteiger partial charge in [-0.05, 0) is 18.8 Å². The van der Waals surface area contributed by atoms with E-state index < -0.39 is 12.0 Å². The predicted octanol–water partition coefficient (Wildman–Crippen LogP) is 2.66. The first-order valence-electron chi connectivity index (χ1n) is 4.06. The van der Waals surface area contributed by atoms with Crippen LogP contribution in [0, 0.1) is 11.8 Å². The Morgan fingerprint density at radius 3 is 2.45 bits per heavy atom. The lowest BCUT2D eigenvalue weighted by Crippen LogP contribution is -2.38. The summed E-state index contributed by atoms with van der Waals surface area (Å²) in [5.74, 6) is -0.582. The highest BCUT2D eigenvalue weighted by Gasteiger charge is 2.44. The molecule has 0 radical (unpaired) electrons. The molecule has 1 unspecified atom stereocenters. The van der Waals surface area contributed by atoms with Gasteiger partial charge in [-0.1, -0.05) is 13.8 Å². The van der Waals surface area contributed by atoms with Gasteiger partial charge in [-0.15, -0.1) is 0 Å². The summed E-state index contributed by atoms with van der Waals surface area (Å²) >= 11 is 0. The summed E-state index contributed by atoms with van der Waals surface area (Å²) in [6.45, 7) is 3.83. The molecule has 0 amide bonds. The van der Waals surface area contributed by atoms with Gasteiger partial charge >= 0.3 is 6.11 Å². The van der Waals surface area contributed by atoms with Crippen LogP contribution in [0.15, 0.2) is 0 Å². The fourth-order valence-electron chi connectivity index (χ4n) is 1.51. The summed E-state index contributed by atoms with van der Waals surface area (Å²) in [4.78, 5) is 0. The zero-order chi connectivity index (χ0) is 8.48. The van der Waals surface area contributed by atoms with Crippen molar-refractivity contribution < 1.29 is 13.5 Å². The zero-order valence-electron chi connectivity index (χ0n) is 6.94. The van der Waals surface area contributed by atoms with Crippen LogP contribution in [0.4, 0.5) is 8.78 Å². The van der Waals surface area contributed by atoms with Crippen molar-refractivity contribution in [2.24, 2.45) is 11.8 Å². The summed E-state index contributed by atoms with van der Waals surface area (Å²) in [6, 6.07) is 0. The van der Waals surface area contributed by atoms with E-state index in [1.807, 2.05) is 13.8 Å². The molecular formula is C8H14F2O. The minimum Gasteiger partial charge on any atom is -0.320 e. The van der Waals surface area contributed by atoms with Crippen LogP contribution >= 0.6 is 0 Å². The van der Waals surface area contributed by atoms with Gasteiger partial charge in [-0.3, -0.25) is 0 Å². The molecule has 1 heterocycles. The minimum atomic E-state index is -2.88. The topological polar surface area (TPSA) is 9.23 Å². The molecule has 0 saturated carbocycles. The number of halogens is 2. The Kier molecular flexibility index (Phi) is 2.47. The van der Waals surface area contributed by atoms with E-state index >= 15 is 0 Å². The van der Waals surface area contributed by atoms with E-state index in [2.05, 4.69) is 4.74 Å². The van der Waals surface area contributed by atoms with E-state index in [0.717, 1.165) is 6.42 Å². The molecule has 1 aliphatic rings. The summed E-state index contributed by atoms with van der Waals surface area (Å²) < 4.78 is 30.2. The van der Waals surface area contributed by atoms with Crippen LogP contribution in [0.3, 0.4) is 0 Å². The third kappa shape index (κ3) is 1.89. The first-order chi connectivity index (χ1) is 5.04. The van der Waals surface area contributed by atoms with Crippen molar-refractivity contribution in [1.29, 1.82) is 0 Å². The van der Waals surface area contributed by atoms with Crippen molar-refractivity contribution in [3.63, 3.8) is 0 Å². The van der Waals surface area contributed by atoms with E-state index in [-0.39, 0.29) is 12.5 Å². The molecule has 0 aliphatic carbocycles. The molecule has 1 atom stereocenters. The lowest BCUT2D eigenvalue weighted by atomic mass is 9.89. The molecule has 0 N–H and O–H groups in total. The molecule has 0 aromatic heterocycles. The Morgan fingerprint density at radius 1 is 1.45 bits per heavy atom. The van der Waals surface area contributed by atoms with Crippen LogP contribution in [-0.4, -0.2) is 12.7 Å². The van der Waals surface area contributed by atoms with Crippen LogP contribution < -0.4 is 0 Å². The second kappa shape index (κ2) is 3.05. The maximum Gasteiger partial charge on any atom is 0.358 e. The van der Waals surface area contributed by atoms with Crippen LogP contribution in [0.2, 0.25) is 0 Å². The maximum atomic E-state index is 12.9. The molecule has 0 aromatic rings. The molecule has 1 nitrogen and oxygen atoms in total. The van der Waals surface area contributed by atoms with Crippen molar-refractivity contribution in [3.8, 4) is 0 Å². The molecule has 0 spiro atoms. The van der Waals surface area contributed by atoms with Crippen molar-refractivity contribution in [3.05, 3.63) is 0 Å². The largest absolute Gasteiger partial charge is 0.358 e. The monoisotopic (exact) mass is 164 g/mol. The number of hydrogen-bond acceptors (Lipinski definition) is 1. The van der Waals surface area contributed by atoms with Crippen molar-refractivity contribution in [1.82, 2.24) is 0 Å². The fourth-order valence-corrected chi connectivity index (χ4v) is 1.51. The predicted molar refractivity (Wildman–Crippen MR) is 38.5 cm³/mol. The molecular weight excluding hydrogens is 150 g/mol. The van der Waals surface area contributed by atoms with Crippen LogP contribution in [0.1, 0.15) is 26.7 Å². The molecule has 3 heteroatoms. The third-order valence-electron chi connectivity index (χ3n) is 2.19. The average Bonchev–Trinajstić information content (AvgIpc) is 1.85. The number of alkyl halides is 2. The van der Waals surface area contributed by atoms with Crippen LogP contribution in [0.5, 0.6) is 0 Å². The van der Waals surface area contributed by atoms with Crippen molar-refractivity contribution in [2.45, 2.75) is 32.8 Å². The van der Waals surface area contributed by atoms with Gasteiger partial charge in [0.2, 0.25) is 0 Å². The standard InChI is InChI=1S/C8H14F2O/c1-6(2)7-4-3-5-11-8(7,9)10/h6-7H,3-5H2,1-2H3. The van der Waals surface area contributed by atoms with Crippen molar-refractivity contribution in [2.75, 3.05) is 6.61 Å². The molecule has 66 valence electrons. The number of hydrogen-bond donors (Lipinski definition) is 0. The van der Waals surface area contributed by atoms with Gasteiger partial charge in [0.25, 0.3) is 0 Å². The molecule has 11 heavy (non-hydrogen) atoms.